The van der Waals surface area contributed by atoms with Crippen molar-refractivity contribution >= 4 is 0 Å². The summed E-state index contributed by atoms with van der Waals surface area (Å²) in [4.78, 5) is 0. The van der Waals surface area contributed by atoms with Crippen LogP contribution in [0.1, 0.15) is 44.6 Å². The van der Waals surface area contributed by atoms with Gasteiger partial charge in [-0.05, 0) is 43.4 Å². The van der Waals surface area contributed by atoms with Gasteiger partial charge in [-0.2, -0.15) is 0 Å². The summed E-state index contributed by atoms with van der Waals surface area (Å²) in [5, 5.41) is 0. The molecule has 1 saturated carbocycles. The fourth-order valence-electron chi connectivity index (χ4n) is 2.75. The molecule has 1 aromatic carbocycles. The molecule has 3 heteroatoms. The van der Waals surface area contributed by atoms with Crippen molar-refractivity contribution in [2.75, 3.05) is 6.54 Å². The molecule has 2 rings (SSSR count). The third-order valence-electron chi connectivity index (χ3n) is 3.87. The van der Waals surface area contributed by atoms with Crippen LogP contribution < -0.4 is 10.5 Å². The maximum absolute atomic E-state index is 13.3. The molecule has 20 heavy (non-hydrogen) atoms. The highest BCUT2D eigenvalue weighted by atomic mass is 19.1. The predicted molar refractivity (Wildman–Crippen MR) is 79.0 cm³/mol. The van der Waals surface area contributed by atoms with Gasteiger partial charge in [0, 0.05) is 0 Å². The molecule has 0 aromatic heterocycles. The van der Waals surface area contributed by atoms with Gasteiger partial charge in [-0.3, -0.25) is 0 Å². The van der Waals surface area contributed by atoms with E-state index in [1.807, 2.05) is 0 Å². The van der Waals surface area contributed by atoms with Gasteiger partial charge in [0.1, 0.15) is 11.6 Å². The van der Waals surface area contributed by atoms with Crippen molar-refractivity contribution in [3.05, 3.63) is 29.6 Å². The van der Waals surface area contributed by atoms with Gasteiger partial charge < -0.3 is 10.5 Å². The summed E-state index contributed by atoms with van der Waals surface area (Å²) in [7, 11) is 0. The minimum atomic E-state index is -0.297. The zero-order valence-corrected chi connectivity index (χ0v) is 12.0. The van der Waals surface area contributed by atoms with Crippen LogP contribution in [0.2, 0.25) is 0 Å². The van der Waals surface area contributed by atoms with Crippen LogP contribution in [0, 0.1) is 23.6 Å². The van der Waals surface area contributed by atoms with Crippen LogP contribution in [0.15, 0.2) is 18.2 Å². The predicted octanol–water partition coefficient (Wildman–Crippen LogP) is 3.48. The molecule has 1 fully saturated rings. The Balaban J connectivity index is 2.12. The molecule has 108 valence electrons. The highest BCUT2D eigenvalue weighted by Gasteiger charge is 2.22. The summed E-state index contributed by atoms with van der Waals surface area (Å²) in [6.07, 6.45) is 6.06. The molecular formula is C17H22FNO. The molecule has 1 aromatic rings. The quantitative estimate of drug-likeness (QED) is 0.857. The van der Waals surface area contributed by atoms with Crippen molar-refractivity contribution in [1.29, 1.82) is 0 Å². The highest BCUT2D eigenvalue weighted by molar-refractivity contribution is 5.46. The van der Waals surface area contributed by atoms with E-state index in [4.69, 9.17) is 10.5 Å². The van der Waals surface area contributed by atoms with Crippen molar-refractivity contribution in [3.8, 4) is 17.6 Å². The first-order valence-corrected chi connectivity index (χ1v) is 7.38. The van der Waals surface area contributed by atoms with E-state index in [9.17, 15) is 4.39 Å². The lowest BCUT2D eigenvalue weighted by molar-refractivity contribution is 0.121. The number of halogens is 1. The average Bonchev–Trinajstić information content (AvgIpc) is 2.47. The lowest BCUT2D eigenvalue weighted by Gasteiger charge is -2.29. The maximum Gasteiger partial charge on any atom is 0.135 e. The zero-order valence-electron chi connectivity index (χ0n) is 12.0. The molecular weight excluding hydrogens is 253 g/mol. The summed E-state index contributed by atoms with van der Waals surface area (Å²) in [6, 6.07) is 4.51. The number of ether oxygens (including phenoxy) is 1. The van der Waals surface area contributed by atoms with Crippen molar-refractivity contribution in [2.45, 2.75) is 45.1 Å². The summed E-state index contributed by atoms with van der Waals surface area (Å²) < 4.78 is 19.4. The zero-order chi connectivity index (χ0) is 14.4. The Morgan fingerprint density at radius 3 is 3.00 bits per heavy atom. The molecule has 0 radical (unpaired) electrons. The molecule has 2 atom stereocenters. The lowest BCUT2D eigenvalue weighted by atomic mass is 9.85. The molecule has 2 unspecified atom stereocenters. The van der Waals surface area contributed by atoms with Crippen LogP contribution in [-0.2, 0) is 0 Å². The van der Waals surface area contributed by atoms with E-state index in [2.05, 4.69) is 18.8 Å². The third-order valence-corrected chi connectivity index (χ3v) is 3.87. The largest absolute Gasteiger partial charge is 0.489 e. The second kappa shape index (κ2) is 7.31. The van der Waals surface area contributed by atoms with Crippen molar-refractivity contribution < 1.29 is 9.13 Å². The van der Waals surface area contributed by atoms with Gasteiger partial charge in [-0.1, -0.05) is 31.6 Å². The van der Waals surface area contributed by atoms with E-state index in [0.717, 1.165) is 18.8 Å². The minimum Gasteiger partial charge on any atom is -0.489 e. The molecule has 1 aliphatic rings. The van der Waals surface area contributed by atoms with E-state index < -0.39 is 0 Å². The maximum atomic E-state index is 13.3. The molecule has 2 nitrogen and oxygen atoms in total. The van der Waals surface area contributed by atoms with Crippen molar-refractivity contribution in [3.63, 3.8) is 0 Å². The minimum absolute atomic E-state index is 0.220. The van der Waals surface area contributed by atoms with E-state index in [0.29, 0.717) is 11.3 Å². The molecule has 1 aliphatic carbocycles. The van der Waals surface area contributed by atoms with Gasteiger partial charge >= 0.3 is 0 Å². The second-order valence-electron chi connectivity index (χ2n) is 5.33. The monoisotopic (exact) mass is 275 g/mol. The number of rotatable bonds is 3. The fourth-order valence-corrected chi connectivity index (χ4v) is 2.75. The Kier molecular flexibility index (Phi) is 5.43. The molecule has 0 bridgehead atoms. The van der Waals surface area contributed by atoms with Crippen LogP contribution in [0.4, 0.5) is 4.39 Å². The number of nitrogens with two attached hydrogens (primary N) is 1. The summed E-state index contributed by atoms with van der Waals surface area (Å²) in [6.45, 7) is 2.49. The van der Waals surface area contributed by atoms with Crippen LogP contribution in [-0.4, -0.2) is 12.6 Å². The topological polar surface area (TPSA) is 35.2 Å². The van der Waals surface area contributed by atoms with E-state index in [-0.39, 0.29) is 18.5 Å². The Labute approximate surface area is 120 Å². The molecule has 0 spiro atoms. The van der Waals surface area contributed by atoms with Gasteiger partial charge in [0.15, 0.2) is 0 Å². The Morgan fingerprint density at radius 2 is 2.25 bits per heavy atom. The Bertz CT molecular complexity index is 503. The molecule has 2 N–H and O–H groups in total. The van der Waals surface area contributed by atoms with Gasteiger partial charge in [-0.25, -0.2) is 4.39 Å². The number of benzene rings is 1. The Hall–Kier alpha value is -1.53. The van der Waals surface area contributed by atoms with Gasteiger partial charge in [0.2, 0.25) is 0 Å². The molecule has 0 saturated heterocycles. The van der Waals surface area contributed by atoms with E-state index in [1.54, 1.807) is 6.07 Å². The summed E-state index contributed by atoms with van der Waals surface area (Å²) in [5.74, 6) is 6.77. The van der Waals surface area contributed by atoms with Crippen molar-refractivity contribution in [2.24, 2.45) is 11.7 Å². The first-order chi connectivity index (χ1) is 9.72. The van der Waals surface area contributed by atoms with Gasteiger partial charge in [0.05, 0.1) is 18.2 Å². The van der Waals surface area contributed by atoms with E-state index in [1.165, 1.54) is 31.4 Å². The highest BCUT2D eigenvalue weighted by Crippen LogP contribution is 2.30. The summed E-state index contributed by atoms with van der Waals surface area (Å²) in [5.41, 5.74) is 5.97. The normalized spacial score (nSPS) is 21.9. The van der Waals surface area contributed by atoms with Crippen LogP contribution in [0.5, 0.6) is 5.75 Å². The molecule has 0 amide bonds. The standard InChI is InChI=1S/C17H22FNO/c1-2-13-5-3-7-16(11-13)20-17-9-8-15(18)12-14(17)6-4-10-19/h8-9,12-13,16H,2-3,5,7,10-11,19H2,1H3. The van der Waals surface area contributed by atoms with E-state index >= 15 is 0 Å². The van der Waals surface area contributed by atoms with Crippen LogP contribution >= 0.6 is 0 Å². The summed E-state index contributed by atoms with van der Waals surface area (Å²) >= 11 is 0. The lowest BCUT2D eigenvalue weighted by Crippen LogP contribution is -2.25. The first-order valence-electron chi connectivity index (χ1n) is 7.38. The average molecular weight is 275 g/mol. The first kappa shape index (κ1) is 14.9. The van der Waals surface area contributed by atoms with Gasteiger partial charge in [-0.15, -0.1) is 0 Å². The van der Waals surface area contributed by atoms with Crippen LogP contribution in [0.25, 0.3) is 0 Å². The second-order valence-corrected chi connectivity index (χ2v) is 5.33. The van der Waals surface area contributed by atoms with Crippen LogP contribution in [0.3, 0.4) is 0 Å². The fraction of sp³-hybridized carbons (Fsp3) is 0.529. The third kappa shape index (κ3) is 3.98. The molecule has 0 heterocycles. The number of hydrogen-bond donors (Lipinski definition) is 1. The SMILES string of the molecule is CCC1CCCC(Oc2ccc(F)cc2C#CCN)C1. The smallest absolute Gasteiger partial charge is 0.135 e. The Morgan fingerprint density at radius 1 is 1.40 bits per heavy atom. The van der Waals surface area contributed by atoms with Crippen molar-refractivity contribution in [1.82, 2.24) is 0 Å². The number of hydrogen-bond acceptors (Lipinski definition) is 2. The van der Waals surface area contributed by atoms with Gasteiger partial charge in [0.25, 0.3) is 0 Å². The molecule has 0 aliphatic heterocycles.